The highest BCUT2D eigenvalue weighted by Crippen LogP contribution is 2.15. The van der Waals surface area contributed by atoms with E-state index in [0.717, 1.165) is 11.3 Å². The van der Waals surface area contributed by atoms with Crippen molar-refractivity contribution in [2.75, 3.05) is 7.05 Å². The molecule has 0 spiro atoms. The number of ether oxygens (including phenoxy) is 1. The van der Waals surface area contributed by atoms with Crippen LogP contribution in [0.4, 0.5) is 0 Å². The number of hydrogen-bond acceptors (Lipinski definition) is 3. The summed E-state index contributed by atoms with van der Waals surface area (Å²) in [5, 5.41) is 8.45. The van der Waals surface area contributed by atoms with E-state index in [2.05, 4.69) is 0 Å². The van der Waals surface area contributed by atoms with Crippen molar-refractivity contribution in [3.63, 3.8) is 0 Å². The Labute approximate surface area is 114 Å². The third-order valence-electron chi connectivity index (χ3n) is 2.59. The molecule has 0 aliphatic rings. The van der Waals surface area contributed by atoms with Crippen LogP contribution in [0.3, 0.4) is 0 Å². The van der Waals surface area contributed by atoms with E-state index in [1.807, 2.05) is 44.2 Å². The van der Waals surface area contributed by atoms with E-state index in [9.17, 15) is 4.79 Å². The van der Waals surface area contributed by atoms with Crippen molar-refractivity contribution in [3.05, 3.63) is 29.8 Å². The Morgan fingerprint density at radius 2 is 2.00 bits per heavy atom. The average Bonchev–Trinajstić information content (AvgIpc) is 2.37. The summed E-state index contributed by atoms with van der Waals surface area (Å²) in [6.45, 7) is 4.51. The molecule has 0 atom stereocenters. The van der Waals surface area contributed by atoms with Gasteiger partial charge in [-0.05, 0) is 31.5 Å². The molecule has 0 unspecified atom stereocenters. The first-order valence-electron chi connectivity index (χ1n) is 6.39. The lowest BCUT2D eigenvalue weighted by Crippen LogP contribution is -2.25. The molecule has 0 bridgehead atoms. The number of nitrogens with zero attached hydrogens (tertiary/aromatic N) is 2. The molecule has 0 aliphatic carbocycles. The minimum atomic E-state index is -0.0101. The van der Waals surface area contributed by atoms with Crippen LogP contribution in [0.1, 0.15) is 32.3 Å². The molecule has 0 radical (unpaired) electrons. The van der Waals surface area contributed by atoms with Crippen LogP contribution in [-0.4, -0.2) is 24.0 Å². The van der Waals surface area contributed by atoms with Gasteiger partial charge in [-0.25, -0.2) is 0 Å². The van der Waals surface area contributed by atoms with E-state index in [0.29, 0.717) is 6.54 Å². The summed E-state index contributed by atoms with van der Waals surface area (Å²) < 4.78 is 5.56. The fourth-order valence-corrected chi connectivity index (χ4v) is 1.66. The molecular weight excluding hydrogens is 240 g/mol. The Balaban J connectivity index is 2.53. The minimum absolute atomic E-state index is 0.0101. The maximum atomic E-state index is 11.7. The molecule has 0 saturated carbocycles. The smallest absolute Gasteiger partial charge is 0.223 e. The second kappa shape index (κ2) is 7.42. The van der Waals surface area contributed by atoms with Gasteiger partial charge >= 0.3 is 0 Å². The molecule has 1 aromatic rings. The average molecular weight is 260 g/mol. The van der Waals surface area contributed by atoms with Crippen molar-refractivity contribution >= 4 is 5.91 Å². The van der Waals surface area contributed by atoms with E-state index in [-0.39, 0.29) is 24.9 Å². The maximum Gasteiger partial charge on any atom is 0.223 e. The fraction of sp³-hybridized carbons (Fsp3) is 0.467. The van der Waals surface area contributed by atoms with Crippen LogP contribution in [0, 0.1) is 11.3 Å². The lowest BCUT2D eigenvalue weighted by atomic mass is 10.2. The molecule has 4 nitrogen and oxygen atoms in total. The van der Waals surface area contributed by atoms with Gasteiger partial charge in [0.2, 0.25) is 5.91 Å². The molecule has 102 valence electrons. The highest BCUT2D eigenvalue weighted by Gasteiger charge is 2.08. The van der Waals surface area contributed by atoms with Gasteiger partial charge < -0.3 is 9.64 Å². The summed E-state index contributed by atoms with van der Waals surface area (Å²) >= 11 is 0. The standard InChI is InChI=1S/C15H20N2O2/c1-12(2)19-14-8-6-13(7-9-14)11-17(3)15(18)5-4-10-16/h6-9,12H,4-5,11H2,1-3H3. The predicted molar refractivity (Wildman–Crippen MR) is 73.5 cm³/mol. The first kappa shape index (κ1) is 15.0. The third kappa shape index (κ3) is 5.43. The molecular formula is C15H20N2O2. The molecule has 0 fully saturated rings. The van der Waals surface area contributed by atoms with Crippen LogP contribution >= 0.6 is 0 Å². The zero-order valence-electron chi connectivity index (χ0n) is 11.7. The zero-order valence-corrected chi connectivity index (χ0v) is 11.7. The summed E-state index contributed by atoms with van der Waals surface area (Å²) in [4.78, 5) is 13.3. The van der Waals surface area contributed by atoms with E-state index < -0.39 is 0 Å². The van der Waals surface area contributed by atoms with Crippen LogP contribution in [0.25, 0.3) is 0 Å². The number of carbonyl (C=O) groups excluding carboxylic acids is 1. The monoisotopic (exact) mass is 260 g/mol. The van der Waals surface area contributed by atoms with Crippen molar-refractivity contribution in [1.82, 2.24) is 4.90 Å². The largest absolute Gasteiger partial charge is 0.491 e. The molecule has 0 heterocycles. The minimum Gasteiger partial charge on any atom is -0.491 e. The van der Waals surface area contributed by atoms with Gasteiger partial charge in [-0.2, -0.15) is 5.26 Å². The first-order valence-corrected chi connectivity index (χ1v) is 6.39. The van der Waals surface area contributed by atoms with Crippen molar-refractivity contribution < 1.29 is 9.53 Å². The summed E-state index contributed by atoms with van der Waals surface area (Å²) in [5.41, 5.74) is 1.05. The Kier molecular flexibility index (Phi) is 5.87. The topological polar surface area (TPSA) is 53.3 Å². The van der Waals surface area contributed by atoms with Gasteiger partial charge in [0, 0.05) is 26.4 Å². The van der Waals surface area contributed by atoms with Crippen LogP contribution in [0.2, 0.25) is 0 Å². The number of hydrogen-bond donors (Lipinski definition) is 0. The highest BCUT2D eigenvalue weighted by molar-refractivity contribution is 5.76. The second-order valence-electron chi connectivity index (χ2n) is 4.72. The molecule has 19 heavy (non-hydrogen) atoms. The maximum absolute atomic E-state index is 11.7. The highest BCUT2D eigenvalue weighted by atomic mass is 16.5. The summed E-state index contributed by atoms with van der Waals surface area (Å²) in [6, 6.07) is 9.69. The van der Waals surface area contributed by atoms with Crippen LogP contribution in [0.5, 0.6) is 5.75 Å². The zero-order chi connectivity index (χ0) is 14.3. The first-order chi connectivity index (χ1) is 9.02. The Morgan fingerprint density at radius 1 is 1.37 bits per heavy atom. The van der Waals surface area contributed by atoms with Gasteiger partial charge in [0.25, 0.3) is 0 Å². The van der Waals surface area contributed by atoms with Gasteiger partial charge in [0.15, 0.2) is 0 Å². The molecule has 0 aliphatic heterocycles. The number of carbonyl (C=O) groups is 1. The molecule has 1 rings (SSSR count). The van der Waals surface area contributed by atoms with Crippen molar-refractivity contribution in [2.45, 2.75) is 39.3 Å². The second-order valence-corrected chi connectivity index (χ2v) is 4.72. The molecule has 0 aromatic heterocycles. The molecule has 0 saturated heterocycles. The van der Waals surface area contributed by atoms with Gasteiger partial charge in [-0.1, -0.05) is 12.1 Å². The third-order valence-corrected chi connectivity index (χ3v) is 2.59. The van der Waals surface area contributed by atoms with Crippen LogP contribution in [0.15, 0.2) is 24.3 Å². The Bertz CT molecular complexity index is 446. The van der Waals surface area contributed by atoms with Crippen molar-refractivity contribution in [2.24, 2.45) is 0 Å². The lowest BCUT2D eigenvalue weighted by molar-refractivity contribution is -0.130. The summed E-state index contributed by atoms with van der Waals surface area (Å²) in [7, 11) is 1.75. The van der Waals surface area contributed by atoms with Gasteiger partial charge in [0.05, 0.1) is 12.2 Å². The van der Waals surface area contributed by atoms with Crippen molar-refractivity contribution in [1.29, 1.82) is 5.26 Å². The van der Waals surface area contributed by atoms with Gasteiger partial charge in [-0.15, -0.1) is 0 Å². The quantitative estimate of drug-likeness (QED) is 0.790. The summed E-state index contributed by atoms with van der Waals surface area (Å²) in [6.07, 6.45) is 0.701. The molecule has 1 amide bonds. The number of amides is 1. The predicted octanol–water partition coefficient (Wildman–Crippen LogP) is 2.74. The molecule has 4 heteroatoms. The number of benzene rings is 1. The van der Waals surface area contributed by atoms with Crippen molar-refractivity contribution in [3.8, 4) is 11.8 Å². The number of nitriles is 1. The van der Waals surface area contributed by atoms with E-state index in [4.69, 9.17) is 10.00 Å². The normalized spacial score (nSPS) is 10.1. The molecule has 1 aromatic carbocycles. The van der Waals surface area contributed by atoms with E-state index in [1.54, 1.807) is 11.9 Å². The van der Waals surface area contributed by atoms with Crippen LogP contribution in [-0.2, 0) is 11.3 Å². The summed E-state index contributed by atoms with van der Waals surface area (Å²) in [5.74, 6) is 0.821. The van der Waals surface area contributed by atoms with Gasteiger partial charge in [-0.3, -0.25) is 4.79 Å². The lowest BCUT2D eigenvalue weighted by Gasteiger charge is -2.17. The Hall–Kier alpha value is -2.02. The van der Waals surface area contributed by atoms with E-state index in [1.165, 1.54) is 0 Å². The Morgan fingerprint density at radius 3 is 2.53 bits per heavy atom. The SMILES string of the molecule is CC(C)Oc1ccc(CN(C)C(=O)CCC#N)cc1. The van der Waals surface area contributed by atoms with Gasteiger partial charge in [0.1, 0.15) is 5.75 Å². The number of rotatable bonds is 6. The molecule has 0 N–H and O–H groups in total. The van der Waals surface area contributed by atoms with E-state index >= 15 is 0 Å². The fourth-order valence-electron chi connectivity index (χ4n) is 1.66. The van der Waals surface area contributed by atoms with Crippen LogP contribution < -0.4 is 4.74 Å².